The number of ether oxygens (including phenoxy) is 1. The first kappa shape index (κ1) is 17.2. The van der Waals surface area contributed by atoms with Crippen molar-refractivity contribution in [2.24, 2.45) is 0 Å². The molecule has 0 unspecified atom stereocenters. The highest BCUT2D eigenvalue weighted by molar-refractivity contribution is 7.94. The summed E-state index contributed by atoms with van der Waals surface area (Å²) in [6.07, 6.45) is -0.0649. The van der Waals surface area contributed by atoms with Crippen LogP contribution in [0.5, 0.6) is 5.75 Å². The largest absolute Gasteiger partial charge is 0.491 e. The summed E-state index contributed by atoms with van der Waals surface area (Å²) >= 11 is 0. The van der Waals surface area contributed by atoms with Crippen molar-refractivity contribution in [3.63, 3.8) is 0 Å². The molecule has 2 heterocycles. The zero-order chi connectivity index (χ0) is 18.4. The fourth-order valence-corrected chi connectivity index (χ4v) is 4.13. The normalized spacial score (nSPS) is 15.7. The zero-order valence-corrected chi connectivity index (χ0v) is 15.2. The molecule has 2 amide bonds. The summed E-state index contributed by atoms with van der Waals surface area (Å²) in [6.45, 7) is 7.29. The Morgan fingerprint density at radius 1 is 1.16 bits per heavy atom. The topological polar surface area (TPSA) is 88.6 Å². The monoisotopic (exact) mass is 361 g/mol. The molecule has 0 aliphatic carbocycles. The van der Waals surface area contributed by atoms with E-state index in [1.54, 1.807) is 25.1 Å². The summed E-state index contributed by atoms with van der Waals surface area (Å²) in [5.41, 5.74) is 1.64. The van der Waals surface area contributed by atoms with E-state index < -0.39 is 16.1 Å². The molecule has 1 aliphatic rings. The van der Waals surface area contributed by atoms with Gasteiger partial charge in [-0.15, -0.1) is 0 Å². The van der Waals surface area contributed by atoms with Crippen LogP contribution in [0.4, 0.5) is 16.3 Å². The lowest BCUT2D eigenvalue weighted by atomic mass is 10.2. The number of aromatic nitrogens is 1. The van der Waals surface area contributed by atoms with Crippen LogP contribution in [0.3, 0.4) is 0 Å². The minimum Gasteiger partial charge on any atom is -0.491 e. The Morgan fingerprint density at radius 2 is 1.88 bits per heavy atom. The molecule has 2 aromatic rings. The van der Waals surface area contributed by atoms with Crippen LogP contribution in [-0.2, 0) is 10.0 Å². The van der Waals surface area contributed by atoms with Crippen LogP contribution in [0.1, 0.15) is 25.1 Å². The number of aryl methyl sites for hydroxylation is 2. The molecular weight excluding hydrogens is 342 g/mol. The van der Waals surface area contributed by atoms with Crippen LogP contribution in [-0.4, -0.2) is 25.5 Å². The van der Waals surface area contributed by atoms with Gasteiger partial charge in [-0.25, -0.2) is 18.2 Å². The van der Waals surface area contributed by atoms with Gasteiger partial charge >= 0.3 is 6.03 Å². The summed E-state index contributed by atoms with van der Waals surface area (Å²) in [5.74, 6) is 0.561. The molecule has 1 N–H and O–H groups in total. The van der Waals surface area contributed by atoms with Crippen LogP contribution < -0.4 is 14.4 Å². The Bertz CT molecular complexity index is 934. The summed E-state index contributed by atoms with van der Waals surface area (Å²) in [6, 6.07) is 7.11. The number of pyridine rings is 1. The molecule has 1 aromatic carbocycles. The molecule has 25 heavy (non-hydrogen) atoms. The SMILES string of the molecule is Cc1cc(C)nc(N2C(=O)Nc3cc(OC(C)C)ccc3S2(=O)=O)c1. The van der Waals surface area contributed by atoms with Crippen molar-refractivity contribution >= 4 is 27.6 Å². The molecule has 0 spiro atoms. The fourth-order valence-electron chi connectivity index (χ4n) is 2.70. The smallest absolute Gasteiger partial charge is 0.341 e. The Kier molecular flexibility index (Phi) is 4.16. The van der Waals surface area contributed by atoms with Crippen LogP contribution in [0.25, 0.3) is 0 Å². The molecule has 0 atom stereocenters. The highest BCUT2D eigenvalue weighted by Gasteiger charge is 2.39. The van der Waals surface area contributed by atoms with E-state index in [9.17, 15) is 13.2 Å². The number of amides is 2. The first-order valence-electron chi connectivity index (χ1n) is 7.81. The standard InChI is InChI=1S/C17H19N3O4S/c1-10(2)24-13-5-6-15-14(9-13)19-17(21)20(25(15,22)23)16-8-11(3)7-12(4)18-16/h5-10H,1-4H3,(H,19,21). The third kappa shape index (κ3) is 3.17. The maximum Gasteiger partial charge on any atom is 0.341 e. The number of carbonyl (C=O) groups excluding carboxylic acids is 1. The highest BCUT2D eigenvalue weighted by Crippen LogP contribution is 2.35. The number of sulfonamides is 1. The molecule has 0 saturated carbocycles. The van der Waals surface area contributed by atoms with Crippen molar-refractivity contribution in [1.29, 1.82) is 0 Å². The van der Waals surface area contributed by atoms with Gasteiger partial charge < -0.3 is 10.1 Å². The Morgan fingerprint density at radius 3 is 2.52 bits per heavy atom. The number of urea groups is 1. The van der Waals surface area contributed by atoms with Crippen molar-refractivity contribution in [2.75, 3.05) is 9.62 Å². The number of benzene rings is 1. The molecule has 0 bridgehead atoms. The Labute approximate surface area is 146 Å². The van der Waals surface area contributed by atoms with Gasteiger partial charge in [-0.3, -0.25) is 0 Å². The number of hydrogen-bond donors (Lipinski definition) is 1. The van der Waals surface area contributed by atoms with E-state index in [1.165, 1.54) is 12.1 Å². The maximum atomic E-state index is 13.0. The minimum absolute atomic E-state index is 0.00386. The van der Waals surface area contributed by atoms with Gasteiger partial charge in [0.1, 0.15) is 10.6 Å². The number of hydrogen-bond acceptors (Lipinski definition) is 5. The van der Waals surface area contributed by atoms with E-state index in [4.69, 9.17) is 4.74 Å². The molecule has 1 aliphatic heterocycles. The van der Waals surface area contributed by atoms with Crippen molar-refractivity contribution in [2.45, 2.75) is 38.7 Å². The van der Waals surface area contributed by atoms with Crippen LogP contribution in [0.2, 0.25) is 0 Å². The van der Waals surface area contributed by atoms with Gasteiger partial charge in [0.05, 0.1) is 11.8 Å². The molecule has 0 fully saturated rings. The van der Waals surface area contributed by atoms with Crippen molar-refractivity contribution in [3.05, 3.63) is 41.6 Å². The molecule has 7 nitrogen and oxygen atoms in total. The highest BCUT2D eigenvalue weighted by atomic mass is 32.2. The number of fused-ring (bicyclic) bond motifs is 1. The number of nitrogens with zero attached hydrogens (tertiary/aromatic N) is 2. The Balaban J connectivity index is 2.10. The first-order valence-corrected chi connectivity index (χ1v) is 9.25. The maximum absolute atomic E-state index is 13.0. The second kappa shape index (κ2) is 6.03. The zero-order valence-electron chi connectivity index (χ0n) is 14.4. The van der Waals surface area contributed by atoms with Crippen LogP contribution >= 0.6 is 0 Å². The van der Waals surface area contributed by atoms with Crippen molar-refractivity contribution < 1.29 is 17.9 Å². The lowest BCUT2D eigenvalue weighted by molar-refractivity contribution is 0.242. The number of nitrogens with one attached hydrogen (secondary N) is 1. The van der Waals surface area contributed by atoms with Crippen molar-refractivity contribution in [3.8, 4) is 5.75 Å². The van der Waals surface area contributed by atoms with Gasteiger partial charge in [0.25, 0.3) is 10.0 Å². The lowest BCUT2D eigenvalue weighted by Crippen LogP contribution is -2.44. The van der Waals surface area contributed by atoms with E-state index in [0.717, 1.165) is 5.56 Å². The van der Waals surface area contributed by atoms with E-state index in [1.807, 2.05) is 20.8 Å². The average Bonchev–Trinajstić information content (AvgIpc) is 2.44. The number of rotatable bonds is 3. The quantitative estimate of drug-likeness (QED) is 0.907. The molecule has 3 rings (SSSR count). The molecule has 0 saturated heterocycles. The van der Waals surface area contributed by atoms with Gasteiger partial charge in [0.2, 0.25) is 0 Å². The fraction of sp³-hybridized carbons (Fsp3) is 0.294. The Hall–Kier alpha value is -2.61. The van der Waals surface area contributed by atoms with Crippen molar-refractivity contribution in [1.82, 2.24) is 4.98 Å². The van der Waals surface area contributed by atoms with Gasteiger partial charge in [-0.05, 0) is 57.5 Å². The molecule has 132 valence electrons. The average molecular weight is 361 g/mol. The number of carbonyl (C=O) groups is 1. The lowest BCUT2D eigenvalue weighted by Gasteiger charge is -2.28. The summed E-state index contributed by atoms with van der Waals surface area (Å²) < 4.78 is 32.2. The van der Waals surface area contributed by atoms with E-state index in [-0.39, 0.29) is 22.5 Å². The predicted molar refractivity (Wildman–Crippen MR) is 94.6 cm³/mol. The van der Waals surface area contributed by atoms with Crippen LogP contribution in [0.15, 0.2) is 35.2 Å². The molecule has 1 aromatic heterocycles. The summed E-state index contributed by atoms with van der Waals surface area (Å²) in [4.78, 5) is 16.7. The van der Waals surface area contributed by atoms with Gasteiger partial charge in [-0.2, -0.15) is 4.31 Å². The van der Waals surface area contributed by atoms with E-state index >= 15 is 0 Å². The van der Waals surface area contributed by atoms with E-state index in [2.05, 4.69) is 10.3 Å². The summed E-state index contributed by atoms with van der Waals surface area (Å²) in [5, 5.41) is 2.60. The summed E-state index contributed by atoms with van der Waals surface area (Å²) in [7, 11) is -4.06. The number of anilines is 2. The molecule has 0 radical (unpaired) electrons. The second-order valence-electron chi connectivity index (χ2n) is 6.17. The van der Waals surface area contributed by atoms with E-state index in [0.29, 0.717) is 15.7 Å². The molecule has 8 heteroatoms. The first-order chi connectivity index (χ1) is 11.7. The van der Waals surface area contributed by atoms with Gasteiger partial charge in [0.15, 0.2) is 5.82 Å². The second-order valence-corrected chi connectivity index (χ2v) is 7.92. The molecular formula is C17H19N3O4S. The third-order valence-electron chi connectivity index (χ3n) is 3.56. The van der Waals surface area contributed by atoms with Gasteiger partial charge in [0, 0.05) is 11.8 Å². The predicted octanol–water partition coefficient (Wildman–Crippen LogP) is 3.23. The van der Waals surface area contributed by atoms with Gasteiger partial charge in [-0.1, -0.05) is 0 Å². The minimum atomic E-state index is -4.06. The third-order valence-corrected chi connectivity index (χ3v) is 5.30. The van der Waals surface area contributed by atoms with Crippen LogP contribution in [0, 0.1) is 13.8 Å².